The average molecular weight is 684 g/mol. The van der Waals surface area contributed by atoms with E-state index in [0.29, 0.717) is 23.0 Å². The maximum absolute atomic E-state index is 13.7. The lowest BCUT2D eigenvalue weighted by Gasteiger charge is -2.44. The molecule has 3 amide bonds. The minimum atomic E-state index is -1.05. The van der Waals surface area contributed by atoms with E-state index in [4.69, 9.17) is 14.2 Å². The second kappa shape index (κ2) is 16.3. The highest BCUT2D eigenvalue weighted by atomic mass is 16.6. The van der Waals surface area contributed by atoms with Crippen LogP contribution in [0.3, 0.4) is 0 Å². The fraction of sp³-hybridized carbons (Fsp3) is 0.475. The Hall–Kier alpha value is -4.73. The molecule has 1 aromatic heterocycles. The molecule has 2 aliphatic rings. The predicted molar refractivity (Wildman–Crippen MR) is 189 cm³/mol. The summed E-state index contributed by atoms with van der Waals surface area (Å²) in [6.45, 7) is 7.66. The highest BCUT2D eigenvalue weighted by Crippen LogP contribution is 2.36. The SMILES string of the molecule is COc1ccc(CN(C(=O)OC(C)(C)C)c2cc(C[C@H]3C(=O)N(C(=O)C[C@H](C)C4CCCCC4)[C@@H]3C(=O)OCc3ccccc3)ccn2)cc1. The van der Waals surface area contributed by atoms with Gasteiger partial charge in [0.1, 0.15) is 29.8 Å². The van der Waals surface area contributed by atoms with E-state index < -0.39 is 35.5 Å². The summed E-state index contributed by atoms with van der Waals surface area (Å²) in [5, 5.41) is 0. The minimum absolute atomic E-state index is 0.0349. The smallest absolute Gasteiger partial charge is 0.416 e. The largest absolute Gasteiger partial charge is 0.497 e. The van der Waals surface area contributed by atoms with Crippen LogP contribution in [-0.2, 0) is 43.4 Å². The van der Waals surface area contributed by atoms with E-state index in [1.165, 1.54) is 11.3 Å². The number of rotatable bonds is 12. The zero-order valence-electron chi connectivity index (χ0n) is 29.8. The zero-order chi connectivity index (χ0) is 35.8. The number of aromatic nitrogens is 1. The van der Waals surface area contributed by atoms with Crippen LogP contribution < -0.4 is 9.64 Å². The fourth-order valence-electron chi connectivity index (χ4n) is 6.81. The van der Waals surface area contributed by atoms with E-state index in [2.05, 4.69) is 11.9 Å². The van der Waals surface area contributed by atoms with Gasteiger partial charge in [0.15, 0.2) is 0 Å². The van der Waals surface area contributed by atoms with Gasteiger partial charge in [-0.2, -0.15) is 0 Å². The lowest BCUT2D eigenvalue weighted by molar-refractivity contribution is -0.180. The highest BCUT2D eigenvalue weighted by Gasteiger charge is 2.55. The van der Waals surface area contributed by atoms with E-state index >= 15 is 0 Å². The topological polar surface area (TPSA) is 115 Å². The van der Waals surface area contributed by atoms with E-state index in [9.17, 15) is 19.2 Å². The Labute approximate surface area is 295 Å². The van der Waals surface area contributed by atoms with Crippen molar-refractivity contribution in [3.8, 4) is 5.75 Å². The molecule has 1 aliphatic heterocycles. The quantitative estimate of drug-likeness (QED) is 0.145. The first-order valence-electron chi connectivity index (χ1n) is 17.6. The molecule has 1 saturated carbocycles. The molecule has 1 saturated heterocycles. The summed E-state index contributed by atoms with van der Waals surface area (Å²) in [6, 6.07) is 19.1. The summed E-state index contributed by atoms with van der Waals surface area (Å²) in [4.78, 5) is 61.5. The van der Waals surface area contributed by atoms with Crippen molar-refractivity contribution in [1.29, 1.82) is 0 Å². The number of methoxy groups -OCH3 is 1. The molecule has 266 valence electrons. The summed E-state index contributed by atoms with van der Waals surface area (Å²) in [5.41, 5.74) is 1.57. The number of hydrogen-bond acceptors (Lipinski definition) is 8. The molecule has 0 radical (unpaired) electrons. The summed E-state index contributed by atoms with van der Waals surface area (Å²) in [7, 11) is 1.59. The standard InChI is InChI=1S/C40H49N3O7/c1-27(31-14-10-7-11-15-31)22-35(44)43-36(38(46)49-26-29-12-8-6-9-13-29)33(37(43)45)23-30-20-21-41-34(24-30)42(39(47)50-40(2,3)4)25-28-16-18-32(48-5)19-17-28/h6,8-9,12-13,16-21,24,27,31,33,36H,7,10-11,14-15,22-23,25-26H2,1-5H3/t27-,33+,36-/m0/s1. The summed E-state index contributed by atoms with van der Waals surface area (Å²) in [6.07, 6.45) is 7.04. The number of benzene rings is 2. The number of ether oxygens (including phenoxy) is 3. The Morgan fingerprint density at radius 2 is 1.64 bits per heavy atom. The molecule has 10 heteroatoms. The van der Waals surface area contributed by atoms with Gasteiger partial charge in [0, 0.05) is 12.6 Å². The molecular weight excluding hydrogens is 634 g/mol. The number of imide groups is 1. The highest BCUT2D eigenvalue weighted by molar-refractivity contribution is 6.08. The molecule has 0 bridgehead atoms. The van der Waals surface area contributed by atoms with Crippen molar-refractivity contribution in [3.05, 3.63) is 89.6 Å². The first-order valence-corrected chi connectivity index (χ1v) is 17.6. The number of carbonyl (C=O) groups is 4. The van der Waals surface area contributed by atoms with E-state index in [1.807, 2.05) is 54.6 Å². The van der Waals surface area contributed by atoms with Crippen molar-refractivity contribution >= 4 is 29.7 Å². The summed E-state index contributed by atoms with van der Waals surface area (Å²) >= 11 is 0. The third-order valence-electron chi connectivity index (χ3n) is 9.55. The van der Waals surface area contributed by atoms with Crippen LogP contribution in [0.4, 0.5) is 10.6 Å². The molecule has 10 nitrogen and oxygen atoms in total. The van der Waals surface area contributed by atoms with Gasteiger partial charge in [-0.05, 0) is 80.0 Å². The van der Waals surface area contributed by atoms with Crippen molar-refractivity contribution in [1.82, 2.24) is 9.88 Å². The van der Waals surface area contributed by atoms with Crippen LogP contribution >= 0.6 is 0 Å². The lowest BCUT2D eigenvalue weighted by atomic mass is 9.78. The van der Waals surface area contributed by atoms with Gasteiger partial charge in [-0.1, -0.05) is 81.5 Å². The molecular formula is C40H49N3O7. The Morgan fingerprint density at radius 1 is 0.940 bits per heavy atom. The van der Waals surface area contributed by atoms with Crippen LogP contribution in [-0.4, -0.2) is 52.5 Å². The Morgan fingerprint density at radius 3 is 2.30 bits per heavy atom. The number of amides is 3. The third kappa shape index (κ3) is 9.28. The molecule has 3 atom stereocenters. The molecule has 50 heavy (non-hydrogen) atoms. The van der Waals surface area contributed by atoms with Gasteiger partial charge in [0.2, 0.25) is 11.8 Å². The Kier molecular flexibility index (Phi) is 11.9. The molecule has 3 aromatic rings. The number of carbonyl (C=O) groups excluding carboxylic acids is 4. The van der Waals surface area contributed by atoms with E-state index in [1.54, 1.807) is 46.2 Å². The monoisotopic (exact) mass is 683 g/mol. The normalized spacial score (nSPS) is 18.5. The van der Waals surface area contributed by atoms with E-state index in [0.717, 1.165) is 41.7 Å². The second-order valence-electron chi connectivity index (χ2n) is 14.5. The molecule has 5 rings (SSSR count). The third-order valence-corrected chi connectivity index (χ3v) is 9.55. The fourth-order valence-corrected chi connectivity index (χ4v) is 6.81. The average Bonchev–Trinajstić information content (AvgIpc) is 3.11. The van der Waals surface area contributed by atoms with Crippen molar-refractivity contribution in [2.24, 2.45) is 17.8 Å². The number of likely N-dealkylation sites (tertiary alicyclic amines) is 1. The molecule has 2 fully saturated rings. The number of β-lactam (4-membered cyclic amide) rings is 1. The molecule has 0 N–H and O–H groups in total. The molecule has 0 unspecified atom stereocenters. The maximum atomic E-state index is 13.7. The zero-order valence-corrected chi connectivity index (χ0v) is 29.8. The van der Waals surface area contributed by atoms with Gasteiger partial charge in [0.05, 0.1) is 19.6 Å². The van der Waals surface area contributed by atoms with Crippen LogP contribution in [0, 0.1) is 17.8 Å². The number of nitrogens with zero attached hydrogens (tertiary/aromatic N) is 3. The van der Waals surface area contributed by atoms with Gasteiger partial charge < -0.3 is 14.2 Å². The summed E-state index contributed by atoms with van der Waals surface area (Å²) in [5.74, 6) is -0.578. The number of anilines is 1. The van der Waals surface area contributed by atoms with Gasteiger partial charge in [-0.25, -0.2) is 14.6 Å². The van der Waals surface area contributed by atoms with Crippen LogP contribution in [0.2, 0.25) is 0 Å². The first-order chi connectivity index (χ1) is 23.9. The maximum Gasteiger partial charge on any atom is 0.416 e. The van der Waals surface area contributed by atoms with Crippen molar-refractivity contribution in [2.75, 3.05) is 12.0 Å². The molecule has 0 spiro atoms. The van der Waals surface area contributed by atoms with Crippen molar-refractivity contribution in [2.45, 2.75) is 97.4 Å². The summed E-state index contributed by atoms with van der Waals surface area (Å²) < 4.78 is 16.7. The van der Waals surface area contributed by atoms with Crippen LogP contribution in [0.15, 0.2) is 72.9 Å². The first kappa shape index (κ1) is 36.5. The molecule has 1 aliphatic carbocycles. The van der Waals surface area contributed by atoms with Gasteiger partial charge in [-0.15, -0.1) is 0 Å². The molecule has 2 heterocycles. The number of hydrogen-bond donors (Lipinski definition) is 0. The van der Waals surface area contributed by atoms with Crippen molar-refractivity contribution < 1.29 is 33.4 Å². The van der Waals surface area contributed by atoms with Crippen LogP contribution in [0.1, 0.15) is 82.9 Å². The van der Waals surface area contributed by atoms with Crippen LogP contribution in [0.5, 0.6) is 5.75 Å². The van der Waals surface area contributed by atoms with Gasteiger partial charge in [0.25, 0.3) is 0 Å². The van der Waals surface area contributed by atoms with Gasteiger partial charge in [-0.3, -0.25) is 19.4 Å². The predicted octanol–water partition coefficient (Wildman–Crippen LogP) is 7.28. The minimum Gasteiger partial charge on any atom is -0.497 e. The lowest BCUT2D eigenvalue weighted by Crippen LogP contribution is -2.67. The number of esters is 1. The Bertz CT molecular complexity index is 1630. The molecule has 2 aromatic carbocycles. The Balaban J connectivity index is 1.37. The second-order valence-corrected chi connectivity index (χ2v) is 14.5. The van der Waals surface area contributed by atoms with E-state index in [-0.39, 0.29) is 37.8 Å². The van der Waals surface area contributed by atoms with Gasteiger partial charge >= 0.3 is 12.1 Å². The van der Waals surface area contributed by atoms with Crippen molar-refractivity contribution in [3.63, 3.8) is 0 Å². The van der Waals surface area contributed by atoms with Crippen LogP contribution in [0.25, 0.3) is 0 Å². The number of pyridine rings is 1.